The van der Waals surface area contributed by atoms with Gasteiger partial charge in [0.05, 0.1) is 12.6 Å². The van der Waals surface area contributed by atoms with E-state index in [1.54, 1.807) is 0 Å². The zero-order valence-corrected chi connectivity index (χ0v) is 15.2. The lowest BCUT2D eigenvalue weighted by molar-refractivity contribution is 0.0230. The Bertz CT molecular complexity index is 631. The van der Waals surface area contributed by atoms with Crippen molar-refractivity contribution in [3.63, 3.8) is 0 Å². The molecule has 1 saturated heterocycles. The number of aromatic nitrogens is 2. The Labute approximate surface area is 149 Å². The Kier molecular flexibility index (Phi) is 6.55. The summed E-state index contributed by atoms with van der Waals surface area (Å²) in [6.07, 6.45) is 1.29. The maximum atomic E-state index is 6.10. The van der Waals surface area contributed by atoms with Gasteiger partial charge in [0.2, 0.25) is 5.89 Å². The standard InChI is InChI=1S/C19H28N4O2/c1-3-22(15-19-20-16(2)21-25-19)13-18-14-23(10-7-11-24-18)12-17-8-5-4-6-9-17/h4-6,8-9,18H,3,7,10-15H2,1-2H3/t18-/m1/s1. The van der Waals surface area contributed by atoms with Gasteiger partial charge in [-0.3, -0.25) is 9.80 Å². The van der Waals surface area contributed by atoms with Crippen molar-refractivity contribution in [3.05, 3.63) is 47.6 Å². The number of hydrogen-bond donors (Lipinski definition) is 0. The molecule has 1 aromatic heterocycles. The van der Waals surface area contributed by atoms with Crippen LogP contribution in [0.3, 0.4) is 0 Å². The molecule has 0 aliphatic carbocycles. The third kappa shape index (κ3) is 5.63. The summed E-state index contributed by atoms with van der Waals surface area (Å²) < 4.78 is 11.4. The zero-order chi connectivity index (χ0) is 17.5. The first-order valence-corrected chi connectivity index (χ1v) is 9.12. The molecule has 1 atom stereocenters. The molecular weight excluding hydrogens is 316 g/mol. The van der Waals surface area contributed by atoms with Gasteiger partial charge in [-0.15, -0.1) is 0 Å². The minimum absolute atomic E-state index is 0.204. The Balaban J connectivity index is 1.56. The number of aryl methyl sites for hydroxylation is 1. The van der Waals surface area contributed by atoms with E-state index < -0.39 is 0 Å². The monoisotopic (exact) mass is 344 g/mol. The molecule has 0 radical (unpaired) electrons. The largest absolute Gasteiger partial charge is 0.376 e. The number of rotatable bonds is 7. The second-order valence-electron chi connectivity index (χ2n) is 6.63. The molecule has 0 unspecified atom stereocenters. The van der Waals surface area contributed by atoms with Crippen LogP contribution in [0.4, 0.5) is 0 Å². The Morgan fingerprint density at radius 3 is 2.84 bits per heavy atom. The maximum Gasteiger partial charge on any atom is 0.240 e. The Morgan fingerprint density at radius 1 is 1.28 bits per heavy atom. The molecule has 2 aromatic rings. The van der Waals surface area contributed by atoms with Gasteiger partial charge < -0.3 is 9.26 Å². The highest BCUT2D eigenvalue weighted by atomic mass is 16.5. The van der Waals surface area contributed by atoms with E-state index in [4.69, 9.17) is 9.26 Å². The number of nitrogens with zero attached hydrogens (tertiary/aromatic N) is 4. The molecule has 0 saturated carbocycles. The van der Waals surface area contributed by atoms with Crippen LogP contribution < -0.4 is 0 Å². The van der Waals surface area contributed by atoms with Crippen molar-refractivity contribution in [1.82, 2.24) is 19.9 Å². The summed E-state index contributed by atoms with van der Waals surface area (Å²) in [6, 6.07) is 10.7. The van der Waals surface area contributed by atoms with E-state index in [0.29, 0.717) is 18.3 Å². The fourth-order valence-electron chi connectivity index (χ4n) is 3.25. The van der Waals surface area contributed by atoms with Gasteiger partial charge in [-0.2, -0.15) is 4.98 Å². The van der Waals surface area contributed by atoms with E-state index in [-0.39, 0.29) is 6.10 Å². The predicted octanol–water partition coefficient (Wildman–Crippen LogP) is 2.49. The van der Waals surface area contributed by atoms with E-state index in [0.717, 1.165) is 45.8 Å². The molecule has 136 valence electrons. The molecule has 25 heavy (non-hydrogen) atoms. The topological polar surface area (TPSA) is 54.6 Å². The van der Waals surface area contributed by atoms with Gasteiger partial charge in [0.15, 0.2) is 5.82 Å². The summed E-state index contributed by atoms with van der Waals surface area (Å²) in [4.78, 5) is 9.12. The molecule has 0 N–H and O–H groups in total. The molecule has 1 aliphatic rings. The van der Waals surface area contributed by atoms with Crippen molar-refractivity contribution in [2.75, 3.05) is 32.8 Å². The average Bonchev–Trinajstić information content (AvgIpc) is 2.90. The van der Waals surface area contributed by atoms with Crippen LogP contribution in [-0.2, 0) is 17.8 Å². The quantitative estimate of drug-likeness (QED) is 0.769. The molecule has 1 fully saturated rings. The third-order valence-electron chi connectivity index (χ3n) is 4.52. The van der Waals surface area contributed by atoms with Crippen LogP contribution in [0.25, 0.3) is 0 Å². The lowest BCUT2D eigenvalue weighted by Crippen LogP contribution is -2.40. The van der Waals surface area contributed by atoms with Gasteiger partial charge in [0, 0.05) is 32.8 Å². The van der Waals surface area contributed by atoms with Gasteiger partial charge in [0.1, 0.15) is 0 Å². The van der Waals surface area contributed by atoms with Crippen LogP contribution in [0.2, 0.25) is 0 Å². The highest BCUT2D eigenvalue weighted by Crippen LogP contribution is 2.13. The molecule has 0 spiro atoms. The number of ether oxygens (including phenoxy) is 1. The van der Waals surface area contributed by atoms with Crippen LogP contribution in [-0.4, -0.2) is 58.8 Å². The Hall–Kier alpha value is -1.76. The molecule has 2 heterocycles. The molecule has 1 aromatic carbocycles. The van der Waals surface area contributed by atoms with Crippen LogP contribution in [0.5, 0.6) is 0 Å². The van der Waals surface area contributed by atoms with Gasteiger partial charge in [-0.25, -0.2) is 0 Å². The van der Waals surface area contributed by atoms with Crippen LogP contribution >= 0.6 is 0 Å². The summed E-state index contributed by atoms with van der Waals surface area (Å²) in [5.41, 5.74) is 1.36. The summed E-state index contributed by atoms with van der Waals surface area (Å²) >= 11 is 0. The summed E-state index contributed by atoms with van der Waals surface area (Å²) in [5, 5.41) is 3.87. The minimum Gasteiger partial charge on any atom is -0.376 e. The fraction of sp³-hybridized carbons (Fsp3) is 0.579. The van der Waals surface area contributed by atoms with Crippen LogP contribution in [0.15, 0.2) is 34.9 Å². The van der Waals surface area contributed by atoms with E-state index >= 15 is 0 Å². The van der Waals surface area contributed by atoms with Gasteiger partial charge >= 0.3 is 0 Å². The van der Waals surface area contributed by atoms with E-state index in [1.165, 1.54) is 5.56 Å². The predicted molar refractivity (Wildman–Crippen MR) is 96.1 cm³/mol. The average molecular weight is 344 g/mol. The number of hydrogen-bond acceptors (Lipinski definition) is 6. The van der Waals surface area contributed by atoms with Crippen molar-refractivity contribution >= 4 is 0 Å². The Morgan fingerprint density at radius 2 is 2.12 bits per heavy atom. The first-order valence-electron chi connectivity index (χ1n) is 9.12. The molecule has 1 aliphatic heterocycles. The van der Waals surface area contributed by atoms with Gasteiger partial charge in [0.25, 0.3) is 0 Å². The third-order valence-corrected chi connectivity index (χ3v) is 4.52. The van der Waals surface area contributed by atoms with E-state index in [9.17, 15) is 0 Å². The summed E-state index contributed by atoms with van der Waals surface area (Å²) in [7, 11) is 0. The van der Waals surface area contributed by atoms with Crippen molar-refractivity contribution in [3.8, 4) is 0 Å². The van der Waals surface area contributed by atoms with Gasteiger partial charge in [-0.05, 0) is 25.5 Å². The zero-order valence-electron chi connectivity index (χ0n) is 15.2. The SMILES string of the molecule is CCN(Cc1nc(C)no1)C[C@@H]1CN(Cc2ccccc2)CCCO1. The summed E-state index contributed by atoms with van der Waals surface area (Å²) in [5.74, 6) is 1.36. The molecular formula is C19H28N4O2. The second kappa shape index (κ2) is 9.08. The lowest BCUT2D eigenvalue weighted by Gasteiger charge is -2.28. The second-order valence-corrected chi connectivity index (χ2v) is 6.63. The normalized spacial score (nSPS) is 19.2. The van der Waals surface area contributed by atoms with Crippen molar-refractivity contribution < 1.29 is 9.26 Å². The number of benzene rings is 1. The van der Waals surface area contributed by atoms with Crippen molar-refractivity contribution in [2.45, 2.75) is 39.5 Å². The van der Waals surface area contributed by atoms with Crippen molar-refractivity contribution in [2.24, 2.45) is 0 Å². The van der Waals surface area contributed by atoms with E-state index in [2.05, 4.69) is 57.2 Å². The highest BCUT2D eigenvalue weighted by molar-refractivity contribution is 5.14. The maximum absolute atomic E-state index is 6.10. The highest BCUT2D eigenvalue weighted by Gasteiger charge is 2.22. The molecule has 6 nitrogen and oxygen atoms in total. The summed E-state index contributed by atoms with van der Waals surface area (Å²) in [6.45, 7) is 10.3. The van der Waals surface area contributed by atoms with Crippen molar-refractivity contribution in [1.29, 1.82) is 0 Å². The smallest absolute Gasteiger partial charge is 0.240 e. The molecule has 6 heteroatoms. The first kappa shape index (κ1) is 18.0. The molecule has 3 rings (SSSR count). The van der Waals surface area contributed by atoms with Crippen LogP contribution in [0, 0.1) is 6.92 Å². The van der Waals surface area contributed by atoms with Gasteiger partial charge in [-0.1, -0.05) is 42.4 Å². The first-order chi connectivity index (χ1) is 12.2. The number of likely N-dealkylation sites (N-methyl/N-ethyl adjacent to an activating group) is 1. The molecule has 0 bridgehead atoms. The minimum atomic E-state index is 0.204. The van der Waals surface area contributed by atoms with Crippen LogP contribution in [0.1, 0.15) is 30.6 Å². The molecule has 0 amide bonds. The lowest BCUT2D eigenvalue weighted by atomic mass is 10.2. The van der Waals surface area contributed by atoms with E-state index in [1.807, 2.05) is 6.92 Å². The fourth-order valence-corrected chi connectivity index (χ4v) is 3.25.